The van der Waals surface area contributed by atoms with Crippen LogP contribution in [0.5, 0.6) is 0 Å². The summed E-state index contributed by atoms with van der Waals surface area (Å²) in [6.07, 6.45) is -1.15. The largest absolute Gasteiger partial charge is 0.461 e. The van der Waals surface area contributed by atoms with E-state index in [9.17, 15) is 18.0 Å². The number of hydrogen-bond acceptors (Lipinski definition) is 5. The summed E-state index contributed by atoms with van der Waals surface area (Å²) in [5, 5.41) is 0. The average molecular weight is 376 g/mol. The summed E-state index contributed by atoms with van der Waals surface area (Å²) in [6, 6.07) is 5.82. The lowest BCUT2D eigenvalue weighted by Gasteiger charge is -2.27. The number of fused-ring (bicyclic) bond motifs is 1. The van der Waals surface area contributed by atoms with Gasteiger partial charge < -0.3 is 9.40 Å². The number of aromatic nitrogens is 3. The minimum atomic E-state index is -4.45. The summed E-state index contributed by atoms with van der Waals surface area (Å²) in [6.45, 7) is 1.42. The van der Waals surface area contributed by atoms with Crippen molar-refractivity contribution in [2.75, 3.05) is 6.54 Å². The molecule has 1 N–H and O–H groups in total. The molecule has 4 rings (SSSR count). The van der Waals surface area contributed by atoms with Gasteiger partial charge in [-0.3, -0.25) is 14.7 Å². The van der Waals surface area contributed by atoms with Gasteiger partial charge in [-0.25, -0.2) is 4.98 Å². The van der Waals surface area contributed by atoms with Crippen LogP contribution in [0.1, 0.15) is 22.5 Å². The number of alkyl halides is 3. The molecule has 0 unspecified atom stereocenters. The van der Waals surface area contributed by atoms with E-state index in [0.717, 1.165) is 6.07 Å². The summed E-state index contributed by atoms with van der Waals surface area (Å²) in [5.74, 6) is 0.886. The first kappa shape index (κ1) is 17.5. The van der Waals surface area contributed by atoms with Crippen molar-refractivity contribution in [3.63, 3.8) is 0 Å². The molecule has 9 heteroatoms. The SMILES string of the molecule is O=c1[nH]c(-c2ccco2)nc2c1CN(Cc1ccc(C(F)(F)F)nc1)CC2. The fraction of sp³-hybridized carbons (Fsp3) is 0.278. The number of nitrogens with one attached hydrogen (secondary N) is 1. The molecule has 3 aromatic heterocycles. The van der Waals surface area contributed by atoms with Crippen LogP contribution in [0.2, 0.25) is 0 Å². The first-order chi connectivity index (χ1) is 12.9. The quantitative estimate of drug-likeness (QED) is 0.761. The molecule has 6 nitrogen and oxygen atoms in total. The molecule has 0 amide bonds. The third-order valence-corrected chi connectivity index (χ3v) is 4.42. The van der Waals surface area contributed by atoms with Crippen LogP contribution in [0.25, 0.3) is 11.6 Å². The van der Waals surface area contributed by atoms with Crippen molar-refractivity contribution in [2.45, 2.75) is 25.7 Å². The fourth-order valence-corrected chi connectivity index (χ4v) is 3.09. The van der Waals surface area contributed by atoms with E-state index in [0.29, 0.717) is 54.5 Å². The zero-order valence-electron chi connectivity index (χ0n) is 14.1. The van der Waals surface area contributed by atoms with E-state index >= 15 is 0 Å². The summed E-state index contributed by atoms with van der Waals surface area (Å²) in [5.41, 5.74) is 0.786. The zero-order valence-corrected chi connectivity index (χ0v) is 14.1. The molecule has 4 heterocycles. The van der Waals surface area contributed by atoms with Gasteiger partial charge in [0.1, 0.15) is 5.69 Å². The van der Waals surface area contributed by atoms with Crippen LogP contribution in [0.3, 0.4) is 0 Å². The van der Waals surface area contributed by atoms with Gasteiger partial charge in [0.2, 0.25) is 0 Å². The first-order valence-corrected chi connectivity index (χ1v) is 8.30. The van der Waals surface area contributed by atoms with E-state index in [-0.39, 0.29) is 5.56 Å². The Morgan fingerprint density at radius 1 is 1.26 bits per heavy atom. The van der Waals surface area contributed by atoms with Crippen molar-refractivity contribution >= 4 is 0 Å². The molecule has 3 aromatic rings. The third kappa shape index (κ3) is 3.63. The standard InChI is InChI=1S/C18H15F3N4O2/c19-18(20,21)15-4-3-11(8-22-15)9-25-6-5-13-12(10-25)17(26)24-16(23-13)14-2-1-7-27-14/h1-4,7-8H,5-6,9-10H2,(H,23,24,26). The molecule has 27 heavy (non-hydrogen) atoms. The van der Waals surface area contributed by atoms with Gasteiger partial charge >= 0.3 is 6.18 Å². The highest BCUT2D eigenvalue weighted by Crippen LogP contribution is 2.27. The second-order valence-electron chi connectivity index (χ2n) is 6.33. The van der Waals surface area contributed by atoms with E-state index in [4.69, 9.17) is 4.42 Å². The van der Waals surface area contributed by atoms with Crippen molar-refractivity contribution in [3.8, 4) is 11.6 Å². The van der Waals surface area contributed by atoms with Crippen LogP contribution in [-0.2, 0) is 25.7 Å². The molecule has 1 aliphatic rings. The van der Waals surface area contributed by atoms with Crippen molar-refractivity contribution in [1.29, 1.82) is 0 Å². The van der Waals surface area contributed by atoms with Gasteiger partial charge in [0.15, 0.2) is 11.6 Å². The predicted octanol–water partition coefficient (Wildman–Crippen LogP) is 3.00. The van der Waals surface area contributed by atoms with Crippen molar-refractivity contribution in [2.24, 2.45) is 0 Å². The molecule has 140 valence electrons. The minimum Gasteiger partial charge on any atom is -0.461 e. The molecule has 0 fully saturated rings. The molecular weight excluding hydrogens is 361 g/mol. The molecular formula is C18H15F3N4O2. The van der Waals surface area contributed by atoms with Gasteiger partial charge in [-0.15, -0.1) is 0 Å². The number of aromatic amines is 1. The Balaban J connectivity index is 1.51. The Kier molecular flexibility index (Phi) is 4.31. The average Bonchev–Trinajstić information content (AvgIpc) is 3.16. The molecule has 1 aliphatic heterocycles. The number of halogens is 3. The van der Waals surface area contributed by atoms with Crippen LogP contribution in [0.15, 0.2) is 45.9 Å². The Morgan fingerprint density at radius 2 is 2.11 bits per heavy atom. The van der Waals surface area contributed by atoms with Gasteiger partial charge in [-0.1, -0.05) is 6.07 Å². The van der Waals surface area contributed by atoms with E-state index in [1.165, 1.54) is 18.5 Å². The topological polar surface area (TPSA) is 75.0 Å². The number of pyridine rings is 1. The van der Waals surface area contributed by atoms with E-state index in [2.05, 4.69) is 15.0 Å². The highest BCUT2D eigenvalue weighted by atomic mass is 19.4. The number of rotatable bonds is 3. The molecule has 0 saturated carbocycles. The van der Waals surface area contributed by atoms with Gasteiger partial charge in [0, 0.05) is 32.3 Å². The van der Waals surface area contributed by atoms with Gasteiger partial charge in [0.05, 0.1) is 17.5 Å². The summed E-state index contributed by atoms with van der Waals surface area (Å²) < 4.78 is 43.1. The lowest BCUT2D eigenvalue weighted by molar-refractivity contribution is -0.141. The fourth-order valence-electron chi connectivity index (χ4n) is 3.09. The lowest BCUT2D eigenvalue weighted by Crippen LogP contribution is -2.35. The van der Waals surface area contributed by atoms with E-state index < -0.39 is 11.9 Å². The van der Waals surface area contributed by atoms with E-state index in [1.807, 2.05) is 4.90 Å². The minimum absolute atomic E-state index is 0.235. The van der Waals surface area contributed by atoms with Crippen LogP contribution in [0, 0.1) is 0 Å². The lowest BCUT2D eigenvalue weighted by atomic mass is 10.1. The molecule has 0 radical (unpaired) electrons. The van der Waals surface area contributed by atoms with Crippen LogP contribution >= 0.6 is 0 Å². The maximum absolute atomic E-state index is 12.6. The van der Waals surface area contributed by atoms with Gasteiger partial charge in [-0.2, -0.15) is 13.2 Å². The van der Waals surface area contributed by atoms with Gasteiger partial charge in [-0.05, 0) is 23.8 Å². The second-order valence-corrected chi connectivity index (χ2v) is 6.33. The normalized spacial score (nSPS) is 14.9. The van der Waals surface area contributed by atoms with Crippen molar-refractivity contribution < 1.29 is 17.6 Å². The number of furan rings is 1. The third-order valence-electron chi connectivity index (χ3n) is 4.42. The summed E-state index contributed by atoms with van der Waals surface area (Å²) >= 11 is 0. The van der Waals surface area contributed by atoms with Gasteiger partial charge in [0.25, 0.3) is 5.56 Å². The summed E-state index contributed by atoms with van der Waals surface area (Å²) in [7, 11) is 0. The van der Waals surface area contributed by atoms with Crippen molar-refractivity contribution in [3.05, 3.63) is 69.6 Å². The van der Waals surface area contributed by atoms with Crippen LogP contribution in [-0.4, -0.2) is 26.4 Å². The Labute approximate surface area is 151 Å². The van der Waals surface area contributed by atoms with E-state index in [1.54, 1.807) is 12.1 Å². The number of H-pyrrole nitrogens is 1. The Bertz CT molecular complexity index is 995. The molecule has 0 spiro atoms. The maximum atomic E-state index is 12.6. The predicted molar refractivity (Wildman–Crippen MR) is 89.6 cm³/mol. The molecule has 0 aliphatic carbocycles. The smallest absolute Gasteiger partial charge is 0.433 e. The highest BCUT2D eigenvalue weighted by molar-refractivity contribution is 5.47. The summed E-state index contributed by atoms with van der Waals surface area (Å²) in [4.78, 5) is 25.1. The Morgan fingerprint density at radius 3 is 2.78 bits per heavy atom. The number of hydrogen-bond donors (Lipinski definition) is 1. The van der Waals surface area contributed by atoms with Crippen LogP contribution in [0.4, 0.5) is 13.2 Å². The molecule has 0 aromatic carbocycles. The van der Waals surface area contributed by atoms with Crippen LogP contribution < -0.4 is 5.56 Å². The first-order valence-electron chi connectivity index (χ1n) is 8.30. The molecule has 0 atom stereocenters. The monoisotopic (exact) mass is 376 g/mol. The second kappa shape index (κ2) is 6.66. The Hall–Kier alpha value is -2.94. The molecule has 0 saturated heterocycles. The highest BCUT2D eigenvalue weighted by Gasteiger charge is 2.32. The van der Waals surface area contributed by atoms with Crippen molar-refractivity contribution in [1.82, 2.24) is 19.9 Å². The zero-order chi connectivity index (χ0) is 19.0. The maximum Gasteiger partial charge on any atom is 0.433 e. The molecule has 0 bridgehead atoms. The number of nitrogens with zero attached hydrogens (tertiary/aromatic N) is 3.